The van der Waals surface area contributed by atoms with Crippen molar-refractivity contribution in [2.24, 2.45) is 0 Å². The van der Waals surface area contributed by atoms with Gasteiger partial charge in [0.05, 0.1) is 0 Å². The molecule has 1 aliphatic rings. The van der Waals surface area contributed by atoms with Gasteiger partial charge in [-0.3, -0.25) is 9.59 Å². The van der Waals surface area contributed by atoms with Crippen LogP contribution in [0.1, 0.15) is 29.7 Å². The van der Waals surface area contributed by atoms with E-state index < -0.39 is 23.4 Å². The first-order valence-electron chi connectivity index (χ1n) is 10.1. The van der Waals surface area contributed by atoms with Gasteiger partial charge >= 0.3 is 5.97 Å². The number of aromatic nitrogens is 1. The lowest BCUT2D eigenvalue weighted by atomic mass is 9.91. The number of hydrogen-bond acceptors (Lipinski definition) is 2. The molecule has 1 aliphatic carbocycles. The Hall–Kier alpha value is -3.29. The first kappa shape index (κ1) is 21.0. The smallest absolute Gasteiger partial charge is 0.323 e. The number of carboxylic acids is 1. The Bertz CT molecular complexity index is 1170. The summed E-state index contributed by atoms with van der Waals surface area (Å²) in [6.45, 7) is -0.206. The molecule has 0 saturated heterocycles. The third-order valence-electron chi connectivity index (χ3n) is 5.71. The number of carboxylic acid groups (broad SMARTS) is 1. The van der Waals surface area contributed by atoms with Crippen molar-refractivity contribution in [2.75, 3.05) is 0 Å². The third-order valence-corrected chi connectivity index (χ3v) is 5.71. The number of aliphatic carboxylic acids is 1. The number of rotatable bonds is 6. The number of hydrogen-bond donors (Lipinski definition) is 2. The molecule has 1 aromatic heterocycles. The molecule has 1 heterocycles. The Balaban J connectivity index is 1.47. The van der Waals surface area contributed by atoms with E-state index >= 15 is 0 Å². The van der Waals surface area contributed by atoms with E-state index in [1.54, 1.807) is 10.6 Å². The SMILES string of the molecule is O=C(O)Cn1c2c(c3cc(F)ccc31)CC(NC(=O)CCc1ccc(F)c(F)c1)CC2. The minimum absolute atomic E-state index is 0.129. The van der Waals surface area contributed by atoms with E-state index in [-0.39, 0.29) is 31.3 Å². The summed E-state index contributed by atoms with van der Waals surface area (Å²) in [6.07, 6.45) is 2.07. The maximum absolute atomic E-state index is 13.9. The maximum atomic E-state index is 13.9. The first-order valence-corrected chi connectivity index (χ1v) is 10.1. The van der Waals surface area contributed by atoms with E-state index in [1.165, 1.54) is 18.2 Å². The van der Waals surface area contributed by atoms with Crippen LogP contribution in [-0.2, 0) is 35.4 Å². The van der Waals surface area contributed by atoms with Crippen molar-refractivity contribution >= 4 is 22.8 Å². The topological polar surface area (TPSA) is 71.3 Å². The predicted octanol–water partition coefficient (Wildman–Crippen LogP) is 3.75. The number of amides is 1. The molecule has 0 radical (unpaired) electrons. The quantitative estimate of drug-likeness (QED) is 0.626. The molecule has 1 unspecified atom stereocenters. The minimum atomic E-state index is -0.975. The molecule has 5 nitrogen and oxygen atoms in total. The molecule has 0 saturated carbocycles. The van der Waals surface area contributed by atoms with Gasteiger partial charge in [-0.25, -0.2) is 13.2 Å². The molecule has 1 atom stereocenters. The third kappa shape index (κ3) is 4.42. The van der Waals surface area contributed by atoms with Crippen molar-refractivity contribution in [2.45, 2.75) is 44.7 Å². The summed E-state index contributed by atoms with van der Waals surface area (Å²) in [5, 5.41) is 12.9. The average molecular weight is 430 g/mol. The number of aryl methyl sites for hydroxylation is 1. The van der Waals surface area contributed by atoms with Gasteiger partial charge in [0, 0.05) is 29.1 Å². The maximum Gasteiger partial charge on any atom is 0.323 e. The molecule has 31 heavy (non-hydrogen) atoms. The first-order chi connectivity index (χ1) is 14.8. The number of carbonyl (C=O) groups excluding carboxylic acids is 1. The summed E-state index contributed by atoms with van der Waals surface area (Å²) in [6, 6.07) is 7.70. The zero-order valence-corrected chi connectivity index (χ0v) is 16.6. The molecule has 2 N–H and O–H groups in total. The van der Waals surface area contributed by atoms with Gasteiger partial charge in [-0.2, -0.15) is 0 Å². The van der Waals surface area contributed by atoms with Crippen LogP contribution in [0.3, 0.4) is 0 Å². The molecule has 162 valence electrons. The van der Waals surface area contributed by atoms with E-state index in [1.807, 2.05) is 0 Å². The van der Waals surface area contributed by atoms with Gasteiger partial charge in [0.2, 0.25) is 5.91 Å². The van der Waals surface area contributed by atoms with Crippen LogP contribution in [0.15, 0.2) is 36.4 Å². The van der Waals surface area contributed by atoms with Crippen LogP contribution in [0.25, 0.3) is 10.9 Å². The van der Waals surface area contributed by atoms with Crippen LogP contribution in [0.2, 0.25) is 0 Å². The van der Waals surface area contributed by atoms with Crippen molar-refractivity contribution < 1.29 is 27.9 Å². The lowest BCUT2D eigenvalue weighted by molar-refractivity contribution is -0.137. The van der Waals surface area contributed by atoms with Crippen LogP contribution >= 0.6 is 0 Å². The largest absolute Gasteiger partial charge is 0.480 e. The summed E-state index contributed by atoms with van der Waals surface area (Å²) < 4.78 is 41.9. The zero-order chi connectivity index (χ0) is 22.1. The Labute approximate surface area is 176 Å². The predicted molar refractivity (Wildman–Crippen MR) is 108 cm³/mol. The van der Waals surface area contributed by atoms with Crippen molar-refractivity contribution in [1.29, 1.82) is 0 Å². The van der Waals surface area contributed by atoms with Crippen LogP contribution in [0.4, 0.5) is 13.2 Å². The number of fused-ring (bicyclic) bond motifs is 3. The van der Waals surface area contributed by atoms with E-state index in [0.29, 0.717) is 35.7 Å². The standard InChI is InChI=1S/C23H21F3N2O3/c24-14-3-6-20-16(10-14)17-11-15(4-7-21(17)28(20)12-23(30)31)27-22(29)8-2-13-1-5-18(25)19(26)9-13/h1,3,5-6,9-10,15H,2,4,7-8,11-12H2,(H,27,29)(H,30,31). The molecule has 0 aliphatic heterocycles. The van der Waals surface area contributed by atoms with Crippen molar-refractivity contribution in [3.05, 3.63) is 70.7 Å². The molecule has 4 rings (SSSR count). The summed E-state index contributed by atoms with van der Waals surface area (Å²) in [7, 11) is 0. The van der Waals surface area contributed by atoms with Crippen molar-refractivity contribution in [3.8, 4) is 0 Å². The number of halogens is 3. The van der Waals surface area contributed by atoms with Crippen LogP contribution in [0.5, 0.6) is 0 Å². The second kappa shape index (κ2) is 8.45. The molecule has 2 aromatic carbocycles. The van der Waals surface area contributed by atoms with Gasteiger partial charge < -0.3 is 15.0 Å². The molecule has 8 heteroatoms. The molecular weight excluding hydrogens is 409 g/mol. The molecule has 3 aromatic rings. The van der Waals surface area contributed by atoms with Crippen LogP contribution < -0.4 is 5.32 Å². The summed E-state index contributed by atoms with van der Waals surface area (Å²) in [5.41, 5.74) is 2.91. The van der Waals surface area contributed by atoms with Gasteiger partial charge in [0.25, 0.3) is 0 Å². The van der Waals surface area contributed by atoms with Gasteiger partial charge in [-0.05, 0) is 67.1 Å². The van der Waals surface area contributed by atoms with Gasteiger partial charge in [0.15, 0.2) is 11.6 Å². The molecule has 1 amide bonds. The van der Waals surface area contributed by atoms with Crippen LogP contribution in [0, 0.1) is 17.5 Å². The van der Waals surface area contributed by atoms with E-state index in [0.717, 1.165) is 23.4 Å². The van der Waals surface area contributed by atoms with E-state index in [9.17, 15) is 27.9 Å². The minimum Gasteiger partial charge on any atom is -0.480 e. The van der Waals surface area contributed by atoms with Crippen LogP contribution in [-0.4, -0.2) is 27.6 Å². The fourth-order valence-electron chi connectivity index (χ4n) is 4.31. The Morgan fingerprint density at radius 3 is 2.65 bits per heavy atom. The summed E-state index contributed by atoms with van der Waals surface area (Å²) in [4.78, 5) is 23.7. The zero-order valence-electron chi connectivity index (χ0n) is 16.6. The normalized spacial score (nSPS) is 15.6. The Kier molecular flexibility index (Phi) is 5.71. The fraction of sp³-hybridized carbons (Fsp3) is 0.304. The average Bonchev–Trinajstić information content (AvgIpc) is 3.01. The molecule has 0 spiro atoms. The highest BCUT2D eigenvalue weighted by atomic mass is 19.2. The lowest BCUT2D eigenvalue weighted by Crippen LogP contribution is -2.39. The van der Waals surface area contributed by atoms with E-state index in [4.69, 9.17) is 0 Å². The number of carbonyl (C=O) groups is 2. The van der Waals surface area contributed by atoms with Gasteiger partial charge in [0.1, 0.15) is 12.4 Å². The Morgan fingerprint density at radius 2 is 1.90 bits per heavy atom. The molecule has 0 bridgehead atoms. The van der Waals surface area contributed by atoms with Crippen molar-refractivity contribution in [1.82, 2.24) is 9.88 Å². The number of benzene rings is 2. The molecular formula is C23H21F3N2O3. The second-order valence-electron chi connectivity index (χ2n) is 7.82. The highest BCUT2D eigenvalue weighted by Gasteiger charge is 2.27. The van der Waals surface area contributed by atoms with E-state index in [2.05, 4.69) is 5.32 Å². The highest BCUT2D eigenvalue weighted by Crippen LogP contribution is 2.33. The van der Waals surface area contributed by atoms with Gasteiger partial charge in [-0.15, -0.1) is 0 Å². The summed E-state index contributed by atoms with van der Waals surface area (Å²) >= 11 is 0. The second-order valence-corrected chi connectivity index (χ2v) is 7.82. The monoisotopic (exact) mass is 430 g/mol. The highest BCUT2D eigenvalue weighted by molar-refractivity contribution is 5.87. The van der Waals surface area contributed by atoms with Crippen molar-refractivity contribution in [3.63, 3.8) is 0 Å². The number of nitrogens with zero attached hydrogens (tertiary/aromatic N) is 1. The molecule has 0 fully saturated rings. The summed E-state index contributed by atoms with van der Waals surface area (Å²) in [5.74, 6) is -3.46. The Morgan fingerprint density at radius 1 is 1.10 bits per heavy atom. The fourth-order valence-corrected chi connectivity index (χ4v) is 4.31. The lowest BCUT2D eigenvalue weighted by Gasteiger charge is -2.25. The van der Waals surface area contributed by atoms with Gasteiger partial charge in [-0.1, -0.05) is 6.07 Å². The number of nitrogens with one attached hydrogen (secondary N) is 1.